The molecular weight excluding hydrogens is 286 g/mol. The van der Waals surface area contributed by atoms with Crippen molar-refractivity contribution in [3.05, 3.63) is 77.4 Å². The first-order chi connectivity index (χ1) is 11.1. The molecule has 2 N–H and O–H groups in total. The maximum absolute atomic E-state index is 12.0. The zero-order chi connectivity index (χ0) is 16.4. The number of hydrogen-bond acceptors (Lipinski definition) is 2. The molecule has 0 aliphatic heterocycles. The third kappa shape index (κ3) is 2.75. The standard InChI is InChI=1S/C19H19N3O/c1-13-17(16-9-6-10-21-11-16)18(19(20)23)14(2)22(13)12-15-7-4-3-5-8-15/h3-11H,12H2,1-2H3,(H2,20,23). The Morgan fingerprint density at radius 2 is 1.83 bits per heavy atom. The highest BCUT2D eigenvalue weighted by Crippen LogP contribution is 2.32. The van der Waals surface area contributed by atoms with Crippen molar-refractivity contribution in [2.75, 3.05) is 0 Å². The molecular formula is C19H19N3O. The van der Waals surface area contributed by atoms with E-state index in [0.29, 0.717) is 12.1 Å². The average molecular weight is 305 g/mol. The van der Waals surface area contributed by atoms with Crippen molar-refractivity contribution in [1.29, 1.82) is 0 Å². The number of amides is 1. The third-order valence-corrected chi connectivity index (χ3v) is 4.16. The fraction of sp³-hybridized carbons (Fsp3) is 0.158. The zero-order valence-electron chi connectivity index (χ0n) is 13.3. The Morgan fingerprint density at radius 3 is 2.43 bits per heavy atom. The Hall–Kier alpha value is -2.88. The molecule has 0 spiro atoms. The maximum Gasteiger partial charge on any atom is 0.251 e. The summed E-state index contributed by atoms with van der Waals surface area (Å²) in [6.07, 6.45) is 3.48. The minimum absolute atomic E-state index is 0.406. The molecule has 0 aliphatic rings. The van der Waals surface area contributed by atoms with Gasteiger partial charge in [0.2, 0.25) is 0 Å². The van der Waals surface area contributed by atoms with E-state index in [4.69, 9.17) is 5.73 Å². The molecule has 0 atom stereocenters. The number of rotatable bonds is 4. The van der Waals surface area contributed by atoms with Crippen LogP contribution in [0.1, 0.15) is 27.3 Å². The Bertz CT molecular complexity index is 836. The van der Waals surface area contributed by atoms with Crippen LogP contribution in [-0.2, 0) is 6.54 Å². The smallest absolute Gasteiger partial charge is 0.251 e. The number of primary amides is 1. The molecule has 23 heavy (non-hydrogen) atoms. The van der Waals surface area contributed by atoms with Crippen LogP contribution in [0, 0.1) is 13.8 Å². The van der Waals surface area contributed by atoms with Crippen LogP contribution in [0.15, 0.2) is 54.9 Å². The fourth-order valence-corrected chi connectivity index (χ4v) is 3.05. The number of carbonyl (C=O) groups is 1. The number of nitrogens with two attached hydrogens (primary N) is 1. The van der Waals surface area contributed by atoms with E-state index in [0.717, 1.165) is 22.5 Å². The van der Waals surface area contributed by atoms with Gasteiger partial charge in [-0.2, -0.15) is 0 Å². The molecule has 0 saturated heterocycles. The molecule has 0 unspecified atom stereocenters. The summed E-state index contributed by atoms with van der Waals surface area (Å²) in [5, 5.41) is 0. The second-order valence-electron chi connectivity index (χ2n) is 5.60. The average Bonchev–Trinajstić information content (AvgIpc) is 2.81. The molecule has 4 heteroatoms. The predicted octanol–water partition coefficient (Wildman–Crippen LogP) is 3.31. The highest BCUT2D eigenvalue weighted by Gasteiger charge is 2.22. The Morgan fingerprint density at radius 1 is 1.09 bits per heavy atom. The van der Waals surface area contributed by atoms with Gasteiger partial charge in [-0.1, -0.05) is 36.4 Å². The lowest BCUT2D eigenvalue weighted by atomic mass is 10.0. The van der Waals surface area contributed by atoms with E-state index in [-0.39, 0.29) is 0 Å². The quantitative estimate of drug-likeness (QED) is 0.804. The van der Waals surface area contributed by atoms with Crippen LogP contribution in [0.4, 0.5) is 0 Å². The summed E-state index contributed by atoms with van der Waals surface area (Å²) >= 11 is 0. The van der Waals surface area contributed by atoms with Crippen molar-refractivity contribution < 1.29 is 4.79 Å². The summed E-state index contributed by atoms with van der Waals surface area (Å²) in [5.74, 6) is -0.406. The number of carbonyl (C=O) groups excluding carboxylic acids is 1. The molecule has 0 aliphatic carbocycles. The van der Waals surface area contributed by atoms with Gasteiger partial charge in [0.1, 0.15) is 0 Å². The number of pyridine rings is 1. The lowest BCUT2D eigenvalue weighted by Gasteiger charge is -2.10. The Balaban J connectivity index is 2.17. The van der Waals surface area contributed by atoms with Crippen LogP contribution in [0.25, 0.3) is 11.1 Å². The minimum atomic E-state index is -0.406. The summed E-state index contributed by atoms with van der Waals surface area (Å²) in [7, 11) is 0. The molecule has 3 rings (SSSR count). The van der Waals surface area contributed by atoms with E-state index < -0.39 is 5.91 Å². The summed E-state index contributed by atoms with van der Waals surface area (Å²) in [5.41, 5.74) is 11.1. The summed E-state index contributed by atoms with van der Waals surface area (Å²) in [6, 6.07) is 14.0. The number of aromatic nitrogens is 2. The number of hydrogen-bond donors (Lipinski definition) is 1. The molecule has 0 saturated carbocycles. The van der Waals surface area contributed by atoms with Gasteiger partial charge < -0.3 is 10.3 Å². The van der Waals surface area contributed by atoms with Crippen molar-refractivity contribution in [1.82, 2.24) is 9.55 Å². The van der Waals surface area contributed by atoms with Gasteiger partial charge in [0.05, 0.1) is 5.56 Å². The summed E-state index contributed by atoms with van der Waals surface area (Å²) < 4.78 is 2.14. The van der Waals surface area contributed by atoms with Crippen LogP contribution >= 0.6 is 0 Å². The topological polar surface area (TPSA) is 60.9 Å². The van der Waals surface area contributed by atoms with Crippen molar-refractivity contribution in [2.45, 2.75) is 20.4 Å². The number of nitrogens with zero attached hydrogens (tertiary/aromatic N) is 2. The summed E-state index contributed by atoms with van der Waals surface area (Å²) in [6.45, 7) is 4.67. The molecule has 116 valence electrons. The van der Waals surface area contributed by atoms with Crippen LogP contribution < -0.4 is 5.73 Å². The van der Waals surface area contributed by atoms with Crippen LogP contribution in [0.3, 0.4) is 0 Å². The van der Waals surface area contributed by atoms with Crippen molar-refractivity contribution in [3.63, 3.8) is 0 Å². The molecule has 2 heterocycles. The van der Waals surface area contributed by atoms with Gasteiger partial charge in [-0.3, -0.25) is 9.78 Å². The SMILES string of the molecule is Cc1c(C(N)=O)c(-c2cccnc2)c(C)n1Cc1ccccc1. The first kappa shape index (κ1) is 15.0. The van der Waals surface area contributed by atoms with Crippen LogP contribution in [0.5, 0.6) is 0 Å². The van der Waals surface area contributed by atoms with Gasteiger partial charge in [-0.25, -0.2) is 0 Å². The Kier molecular flexibility index (Phi) is 3.98. The van der Waals surface area contributed by atoms with Gasteiger partial charge in [0.15, 0.2) is 0 Å². The van der Waals surface area contributed by atoms with Gasteiger partial charge in [0.25, 0.3) is 5.91 Å². The van der Waals surface area contributed by atoms with Gasteiger partial charge >= 0.3 is 0 Å². The zero-order valence-corrected chi connectivity index (χ0v) is 13.3. The van der Waals surface area contributed by atoms with E-state index in [9.17, 15) is 4.79 Å². The molecule has 1 aromatic carbocycles. The van der Waals surface area contributed by atoms with Crippen LogP contribution in [0.2, 0.25) is 0 Å². The second-order valence-corrected chi connectivity index (χ2v) is 5.60. The largest absolute Gasteiger partial charge is 0.366 e. The Labute approximate surface area is 135 Å². The summed E-state index contributed by atoms with van der Waals surface area (Å²) in [4.78, 5) is 16.2. The molecule has 0 bridgehead atoms. The lowest BCUT2D eigenvalue weighted by molar-refractivity contribution is 0.1000. The molecule has 0 fully saturated rings. The first-order valence-electron chi connectivity index (χ1n) is 7.53. The van der Waals surface area contributed by atoms with Gasteiger partial charge in [-0.05, 0) is 25.5 Å². The van der Waals surface area contributed by atoms with Gasteiger partial charge in [0, 0.05) is 41.5 Å². The molecule has 3 aromatic rings. The highest BCUT2D eigenvalue weighted by molar-refractivity contribution is 6.02. The van der Waals surface area contributed by atoms with Crippen molar-refractivity contribution >= 4 is 5.91 Å². The van der Waals surface area contributed by atoms with E-state index in [1.807, 2.05) is 44.2 Å². The van der Waals surface area contributed by atoms with Crippen molar-refractivity contribution in [3.8, 4) is 11.1 Å². The molecule has 0 radical (unpaired) electrons. The maximum atomic E-state index is 12.0. The predicted molar refractivity (Wildman–Crippen MR) is 91.2 cm³/mol. The van der Waals surface area contributed by atoms with Crippen LogP contribution in [-0.4, -0.2) is 15.5 Å². The highest BCUT2D eigenvalue weighted by atomic mass is 16.1. The molecule has 4 nitrogen and oxygen atoms in total. The third-order valence-electron chi connectivity index (χ3n) is 4.16. The molecule has 1 amide bonds. The first-order valence-corrected chi connectivity index (χ1v) is 7.53. The lowest BCUT2D eigenvalue weighted by Crippen LogP contribution is -2.13. The second kappa shape index (κ2) is 6.08. The van der Waals surface area contributed by atoms with E-state index in [2.05, 4.69) is 21.7 Å². The van der Waals surface area contributed by atoms with Gasteiger partial charge in [-0.15, -0.1) is 0 Å². The van der Waals surface area contributed by atoms with E-state index in [1.54, 1.807) is 12.4 Å². The fourth-order valence-electron chi connectivity index (χ4n) is 3.05. The van der Waals surface area contributed by atoms with Crippen molar-refractivity contribution in [2.24, 2.45) is 5.73 Å². The number of benzene rings is 1. The monoisotopic (exact) mass is 305 g/mol. The normalized spacial score (nSPS) is 10.7. The van der Waals surface area contributed by atoms with E-state index in [1.165, 1.54) is 5.56 Å². The molecule has 2 aromatic heterocycles. The minimum Gasteiger partial charge on any atom is -0.366 e. The van der Waals surface area contributed by atoms with E-state index >= 15 is 0 Å².